The number of benzene rings is 1. The van der Waals surface area contributed by atoms with Crippen LogP contribution in [0.4, 0.5) is 0 Å². The summed E-state index contributed by atoms with van der Waals surface area (Å²) in [6.45, 7) is 6.05. The number of aliphatic hydroxyl groups is 1. The van der Waals surface area contributed by atoms with Crippen molar-refractivity contribution < 1.29 is 14.9 Å². The minimum Gasteiger partial charge on any atom is -0.504 e. The smallest absolute Gasteiger partial charge is 0.161 e. The van der Waals surface area contributed by atoms with Crippen LogP contribution in [0, 0.1) is 0 Å². The number of hydrogen-bond donors (Lipinski definition) is 2. The van der Waals surface area contributed by atoms with Gasteiger partial charge in [0.1, 0.15) is 0 Å². The molecule has 1 aromatic carbocycles. The zero-order valence-electron chi connectivity index (χ0n) is 10.3. The first kappa shape index (κ1) is 12.8. The standard InChI is InChI=1S/C13H20O3/c1-8(2)10-5-11(9(3)7-14)13(15)12(6-10)16-4/h5-6,8-9,14-15H,7H2,1-4H3. The Kier molecular flexibility index (Phi) is 4.19. The number of phenolic OH excluding ortho intramolecular Hbond substituents is 1. The number of aliphatic hydroxyl groups excluding tert-OH is 1. The fourth-order valence-electron chi connectivity index (χ4n) is 1.61. The number of hydrogen-bond acceptors (Lipinski definition) is 3. The van der Waals surface area contributed by atoms with Crippen molar-refractivity contribution in [1.29, 1.82) is 0 Å². The maximum Gasteiger partial charge on any atom is 0.161 e. The Labute approximate surface area is 96.7 Å². The first-order valence-electron chi connectivity index (χ1n) is 5.52. The lowest BCUT2D eigenvalue weighted by molar-refractivity contribution is 0.269. The Morgan fingerprint density at radius 2 is 1.88 bits per heavy atom. The molecule has 0 aliphatic heterocycles. The highest BCUT2D eigenvalue weighted by molar-refractivity contribution is 5.50. The van der Waals surface area contributed by atoms with Crippen LogP contribution in [0.2, 0.25) is 0 Å². The number of ether oxygens (including phenoxy) is 1. The van der Waals surface area contributed by atoms with Crippen LogP contribution >= 0.6 is 0 Å². The lowest BCUT2D eigenvalue weighted by atomic mass is 9.94. The van der Waals surface area contributed by atoms with Crippen LogP contribution in [-0.4, -0.2) is 23.9 Å². The Balaban J connectivity index is 3.29. The summed E-state index contributed by atoms with van der Waals surface area (Å²) in [7, 11) is 1.53. The summed E-state index contributed by atoms with van der Waals surface area (Å²) in [5.41, 5.74) is 1.84. The molecule has 2 N–H and O–H groups in total. The van der Waals surface area contributed by atoms with Gasteiger partial charge >= 0.3 is 0 Å². The predicted octanol–water partition coefficient (Wildman–Crippen LogP) is 2.62. The van der Waals surface area contributed by atoms with Crippen molar-refractivity contribution in [1.82, 2.24) is 0 Å². The molecular formula is C13H20O3. The molecule has 0 aliphatic carbocycles. The van der Waals surface area contributed by atoms with Crippen molar-refractivity contribution in [3.8, 4) is 11.5 Å². The van der Waals surface area contributed by atoms with Crippen LogP contribution in [-0.2, 0) is 0 Å². The third-order valence-corrected chi connectivity index (χ3v) is 2.82. The molecule has 0 bridgehead atoms. The van der Waals surface area contributed by atoms with E-state index in [4.69, 9.17) is 9.84 Å². The van der Waals surface area contributed by atoms with E-state index < -0.39 is 0 Å². The quantitative estimate of drug-likeness (QED) is 0.826. The second-order valence-corrected chi connectivity index (χ2v) is 4.40. The molecule has 1 aromatic rings. The molecule has 90 valence electrons. The zero-order valence-corrected chi connectivity index (χ0v) is 10.3. The molecule has 0 saturated carbocycles. The highest BCUT2D eigenvalue weighted by Crippen LogP contribution is 2.37. The van der Waals surface area contributed by atoms with Crippen molar-refractivity contribution in [2.24, 2.45) is 0 Å². The van der Waals surface area contributed by atoms with E-state index in [2.05, 4.69) is 13.8 Å². The Morgan fingerprint density at radius 3 is 2.31 bits per heavy atom. The minimum atomic E-state index is -0.0902. The van der Waals surface area contributed by atoms with Crippen molar-refractivity contribution in [3.05, 3.63) is 23.3 Å². The summed E-state index contributed by atoms with van der Waals surface area (Å²) in [5, 5.41) is 19.1. The Morgan fingerprint density at radius 1 is 1.25 bits per heavy atom. The number of rotatable bonds is 4. The topological polar surface area (TPSA) is 49.7 Å². The van der Waals surface area contributed by atoms with Gasteiger partial charge in [-0.15, -0.1) is 0 Å². The van der Waals surface area contributed by atoms with E-state index in [-0.39, 0.29) is 18.3 Å². The van der Waals surface area contributed by atoms with E-state index >= 15 is 0 Å². The Hall–Kier alpha value is -1.22. The van der Waals surface area contributed by atoms with Crippen molar-refractivity contribution in [3.63, 3.8) is 0 Å². The Bertz CT molecular complexity index is 358. The van der Waals surface area contributed by atoms with Crippen LogP contribution in [0.15, 0.2) is 12.1 Å². The van der Waals surface area contributed by atoms with Gasteiger partial charge in [-0.3, -0.25) is 0 Å². The molecule has 0 saturated heterocycles. The van der Waals surface area contributed by atoms with E-state index in [0.29, 0.717) is 11.7 Å². The van der Waals surface area contributed by atoms with Gasteiger partial charge in [-0.05, 0) is 17.5 Å². The molecule has 1 unspecified atom stereocenters. The molecule has 1 atom stereocenters. The first-order valence-corrected chi connectivity index (χ1v) is 5.52. The van der Waals surface area contributed by atoms with Gasteiger partial charge in [0, 0.05) is 18.1 Å². The maximum atomic E-state index is 9.96. The third kappa shape index (κ3) is 2.47. The number of methoxy groups -OCH3 is 1. The molecular weight excluding hydrogens is 204 g/mol. The molecule has 0 spiro atoms. The number of aromatic hydroxyl groups is 1. The van der Waals surface area contributed by atoms with E-state index in [9.17, 15) is 5.11 Å². The largest absolute Gasteiger partial charge is 0.504 e. The second-order valence-electron chi connectivity index (χ2n) is 4.40. The molecule has 0 heterocycles. The predicted molar refractivity (Wildman–Crippen MR) is 64.2 cm³/mol. The van der Waals surface area contributed by atoms with Crippen LogP contribution in [0.3, 0.4) is 0 Å². The molecule has 0 fully saturated rings. The van der Waals surface area contributed by atoms with Gasteiger partial charge in [0.15, 0.2) is 11.5 Å². The summed E-state index contributed by atoms with van der Waals surface area (Å²) in [6.07, 6.45) is 0. The van der Waals surface area contributed by atoms with Gasteiger partial charge in [-0.2, -0.15) is 0 Å². The van der Waals surface area contributed by atoms with Crippen LogP contribution in [0.5, 0.6) is 11.5 Å². The van der Waals surface area contributed by atoms with Crippen LogP contribution in [0.25, 0.3) is 0 Å². The van der Waals surface area contributed by atoms with E-state index in [0.717, 1.165) is 11.1 Å². The summed E-state index contributed by atoms with van der Waals surface area (Å²) < 4.78 is 5.14. The van der Waals surface area contributed by atoms with E-state index in [1.807, 2.05) is 19.1 Å². The van der Waals surface area contributed by atoms with Crippen molar-refractivity contribution in [2.45, 2.75) is 32.6 Å². The monoisotopic (exact) mass is 224 g/mol. The van der Waals surface area contributed by atoms with Gasteiger partial charge in [-0.1, -0.05) is 26.8 Å². The summed E-state index contributed by atoms with van der Waals surface area (Å²) in [6, 6.07) is 3.77. The summed E-state index contributed by atoms with van der Waals surface area (Å²) >= 11 is 0. The molecule has 3 nitrogen and oxygen atoms in total. The second kappa shape index (κ2) is 5.21. The zero-order chi connectivity index (χ0) is 12.3. The average molecular weight is 224 g/mol. The third-order valence-electron chi connectivity index (χ3n) is 2.82. The molecule has 16 heavy (non-hydrogen) atoms. The van der Waals surface area contributed by atoms with E-state index in [1.165, 1.54) is 7.11 Å². The molecule has 0 aromatic heterocycles. The molecule has 0 amide bonds. The first-order chi connectivity index (χ1) is 7.51. The lowest BCUT2D eigenvalue weighted by Gasteiger charge is -2.17. The highest BCUT2D eigenvalue weighted by Gasteiger charge is 2.16. The van der Waals surface area contributed by atoms with Gasteiger partial charge in [0.05, 0.1) is 7.11 Å². The molecule has 3 heteroatoms. The van der Waals surface area contributed by atoms with Crippen LogP contribution in [0.1, 0.15) is 43.7 Å². The van der Waals surface area contributed by atoms with Gasteiger partial charge in [0.25, 0.3) is 0 Å². The van der Waals surface area contributed by atoms with Gasteiger partial charge < -0.3 is 14.9 Å². The van der Waals surface area contributed by atoms with Crippen molar-refractivity contribution >= 4 is 0 Å². The molecule has 0 radical (unpaired) electrons. The number of phenols is 1. The van der Waals surface area contributed by atoms with Crippen molar-refractivity contribution in [2.75, 3.05) is 13.7 Å². The maximum absolute atomic E-state index is 9.96. The summed E-state index contributed by atoms with van der Waals surface area (Å²) in [4.78, 5) is 0. The summed E-state index contributed by atoms with van der Waals surface area (Å²) in [5.74, 6) is 0.877. The van der Waals surface area contributed by atoms with Crippen LogP contribution < -0.4 is 4.74 Å². The lowest BCUT2D eigenvalue weighted by Crippen LogP contribution is -2.02. The van der Waals surface area contributed by atoms with E-state index in [1.54, 1.807) is 0 Å². The SMILES string of the molecule is COc1cc(C(C)C)cc(C(C)CO)c1O. The molecule has 1 rings (SSSR count). The highest BCUT2D eigenvalue weighted by atomic mass is 16.5. The molecule has 0 aliphatic rings. The van der Waals surface area contributed by atoms with Gasteiger partial charge in [0.2, 0.25) is 0 Å². The normalized spacial score (nSPS) is 12.9. The fraction of sp³-hybridized carbons (Fsp3) is 0.538. The fourth-order valence-corrected chi connectivity index (χ4v) is 1.61. The average Bonchev–Trinajstić information content (AvgIpc) is 2.28. The van der Waals surface area contributed by atoms with Gasteiger partial charge in [-0.25, -0.2) is 0 Å². The minimum absolute atomic E-state index is 0.0122.